The van der Waals surface area contributed by atoms with E-state index in [9.17, 15) is 0 Å². The molecule has 100 valence electrons. The largest absolute Gasteiger partial charge is 0.319 e. The van der Waals surface area contributed by atoms with Crippen molar-refractivity contribution in [3.63, 3.8) is 0 Å². The Morgan fingerprint density at radius 2 is 2.06 bits per heavy atom. The van der Waals surface area contributed by atoms with Crippen LogP contribution in [0.2, 0.25) is 10.0 Å². The first-order valence-electron chi connectivity index (χ1n) is 6.72. The minimum atomic E-state index is 0.535. The molecule has 0 radical (unpaired) electrons. The molecule has 0 aromatic heterocycles. The van der Waals surface area contributed by atoms with Crippen molar-refractivity contribution in [3.05, 3.63) is 33.8 Å². The lowest BCUT2D eigenvalue weighted by Crippen LogP contribution is -2.30. The highest BCUT2D eigenvalue weighted by Gasteiger charge is 2.30. The van der Waals surface area contributed by atoms with Crippen molar-refractivity contribution < 1.29 is 0 Å². The number of nitrogens with one attached hydrogen (secondary N) is 1. The molecule has 0 amide bonds. The summed E-state index contributed by atoms with van der Waals surface area (Å²) >= 11 is 12.5. The fourth-order valence-corrected chi connectivity index (χ4v) is 3.59. The summed E-state index contributed by atoms with van der Waals surface area (Å²) in [6.07, 6.45) is 3.81. The number of halogens is 2. The minimum Gasteiger partial charge on any atom is -0.319 e. The van der Waals surface area contributed by atoms with Crippen molar-refractivity contribution in [1.29, 1.82) is 0 Å². The van der Waals surface area contributed by atoms with Gasteiger partial charge >= 0.3 is 0 Å². The molecule has 0 aliphatic heterocycles. The summed E-state index contributed by atoms with van der Waals surface area (Å²) < 4.78 is 0. The van der Waals surface area contributed by atoms with Crippen molar-refractivity contribution in [2.24, 2.45) is 11.8 Å². The molecule has 1 aromatic carbocycles. The van der Waals surface area contributed by atoms with E-state index in [4.69, 9.17) is 23.2 Å². The normalized spacial score (nSPS) is 28.3. The monoisotopic (exact) mass is 285 g/mol. The van der Waals surface area contributed by atoms with Crippen LogP contribution in [0.3, 0.4) is 0 Å². The van der Waals surface area contributed by atoms with Gasteiger partial charge in [0.1, 0.15) is 0 Å². The number of benzene rings is 1. The zero-order valence-electron chi connectivity index (χ0n) is 11.0. The summed E-state index contributed by atoms with van der Waals surface area (Å²) in [5.74, 6) is 1.98. The third kappa shape index (κ3) is 3.01. The second-order valence-electron chi connectivity index (χ2n) is 5.49. The van der Waals surface area contributed by atoms with E-state index in [-0.39, 0.29) is 0 Å². The first-order valence-corrected chi connectivity index (χ1v) is 7.47. The summed E-state index contributed by atoms with van der Waals surface area (Å²) in [5.41, 5.74) is 1.23. The summed E-state index contributed by atoms with van der Waals surface area (Å²) in [6.45, 7) is 3.39. The van der Waals surface area contributed by atoms with Crippen LogP contribution in [-0.2, 0) is 0 Å². The van der Waals surface area contributed by atoms with Crippen molar-refractivity contribution >= 4 is 23.2 Å². The maximum Gasteiger partial charge on any atom is 0.0627 e. The zero-order valence-corrected chi connectivity index (χ0v) is 12.6. The van der Waals surface area contributed by atoms with Gasteiger partial charge in [0.2, 0.25) is 0 Å². The van der Waals surface area contributed by atoms with Gasteiger partial charge < -0.3 is 5.32 Å². The molecule has 1 aromatic rings. The van der Waals surface area contributed by atoms with Crippen molar-refractivity contribution in [2.75, 3.05) is 13.6 Å². The quantitative estimate of drug-likeness (QED) is 0.846. The van der Waals surface area contributed by atoms with Gasteiger partial charge in [-0.15, -0.1) is 0 Å². The van der Waals surface area contributed by atoms with Gasteiger partial charge in [-0.05, 0) is 55.8 Å². The third-order valence-electron chi connectivity index (χ3n) is 4.10. The van der Waals surface area contributed by atoms with Gasteiger partial charge in [-0.3, -0.25) is 0 Å². The average Bonchev–Trinajstić information content (AvgIpc) is 2.35. The van der Waals surface area contributed by atoms with Crippen LogP contribution in [0.1, 0.15) is 37.7 Å². The second-order valence-corrected chi connectivity index (χ2v) is 6.27. The Morgan fingerprint density at radius 3 is 2.78 bits per heavy atom. The molecular formula is C15H21Cl2N. The molecule has 0 heterocycles. The Balaban J connectivity index is 2.29. The highest BCUT2D eigenvalue weighted by atomic mass is 35.5. The molecule has 1 fully saturated rings. The topological polar surface area (TPSA) is 12.0 Å². The fraction of sp³-hybridized carbons (Fsp3) is 0.600. The Hall–Kier alpha value is -0.240. The maximum atomic E-state index is 6.39. The predicted octanol–water partition coefficient (Wildman–Crippen LogP) is 4.73. The molecule has 1 nitrogen and oxygen atoms in total. The maximum absolute atomic E-state index is 6.39. The van der Waals surface area contributed by atoms with E-state index >= 15 is 0 Å². The predicted molar refractivity (Wildman–Crippen MR) is 79.6 cm³/mol. The molecule has 1 aliphatic carbocycles. The second kappa shape index (κ2) is 6.27. The molecule has 3 atom stereocenters. The smallest absolute Gasteiger partial charge is 0.0627 e. The van der Waals surface area contributed by atoms with E-state index in [1.54, 1.807) is 0 Å². The van der Waals surface area contributed by atoms with Gasteiger partial charge in [0.05, 0.1) is 10.0 Å². The Labute approximate surface area is 120 Å². The molecule has 0 spiro atoms. The van der Waals surface area contributed by atoms with Crippen molar-refractivity contribution in [2.45, 2.75) is 32.1 Å². The summed E-state index contributed by atoms with van der Waals surface area (Å²) in [7, 11) is 2.02. The van der Waals surface area contributed by atoms with E-state index in [1.165, 1.54) is 24.8 Å². The minimum absolute atomic E-state index is 0.535. The van der Waals surface area contributed by atoms with Gasteiger partial charge in [-0.1, -0.05) is 48.7 Å². The van der Waals surface area contributed by atoms with Gasteiger partial charge in [0.15, 0.2) is 0 Å². The lowest BCUT2D eigenvalue weighted by molar-refractivity contribution is 0.245. The first kappa shape index (κ1) is 14.2. The average molecular weight is 286 g/mol. The van der Waals surface area contributed by atoms with Crippen molar-refractivity contribution in [1.82, 2.24) is 5.32 Å². The van der Waals surface area contributed by atoms with Crippen LogP contribution in [0.5, 0.6) is 0 Å². The standard InChI is InChI=1S/C15H21Cl2N/c1-10-6-7-11(9-18-2)13(8-10)12-4-3-5-14(16)15(12)17/h3-5,10-11,13,18H,6-9H2,1-2H3. The summed E-state index contributed by atoms with van der Waals surface area (Å²) in [4.78, 5) is 0. The van der Waals surface area contributed by atoms with E-state index in [2.05, 4.69) is 18.3 Å². The van der Waals surface area contributed by atoms with Crippen LogP contribution in [-0.4, -0.2) is 13.6 Å². The lowest BCUT2D eigenvalue weighted by Gasteiger charge is -2.35. The first-order chi connectivity index (χ1) is 8.63. The van der Waals surface area contributed by atoms with Crippen LogP contribution in [0.25, 0.3) is 0 Å². The van der Waals surface area contributed by atoms with Crippen LogP contribution in [0, 0.1) is 11.8 Å². The number of hydrogen-bond donors (Lipinski definition) is 1. The van der Waals surface area contributed by atoms with E-state index in [0.717, 1.165) is 17.5 Å². The molecule has 1 N–H and O–H groups in total. The summed E-state index contributed by atoms with van der Waals surface area (Å²) in [6, 6.07) is 6.02. The highest BCUT2D eigenvalue weighted by Crippen LogP contribution is 2.43. The zero-order chi connectivity index (χ0) is 13.1. The van der Waals surface area contributed by atoms with E-state index in [0.29, 0.717) is 16.9 Å². The Morgan fingerprint density at radius 1 is 1.28 bits per heavy atom. The van der Waals surface area contributed by atoms with Gasteiger partial charge in [0.25, 0.3) is 0 Å². The molecule has 0 bridgehead atoms. The van der Waals surface area contributed by atoms with E-state index in [1.807, 2.05) is 19.2 Å². The van der Waals surface area contributed by atoms with Gasteiger partial charge in [-0.2, -0.15) is 0 Å². The SMILES string of the molecule is CNCC1CCC(C)CC1c1cccc(Cl)c1Cl. The molecular weight excluding hydrogens is 265 g/mol. The molecule has 18 heavy (non-hydrogen) atoms. The Bertz CT molecular complexity index is 405. The molecule has 2 rings (SSSR count). The molecule has 1 saturated carbocycles. The molecule has 3 unspecified atom stereocenters. The van der Waals surface area contributed by atoms with Crippen molar-refractivity contribution in [3.8, 4) is 0 Å². The van der Waals surface area contributed by atoms with Crippen LogP contribution in [0.4, 0.5) is 0 Å². The molecule has 0 saturated heterocycles. The third-order valence-corrected chi connectivity index (χ3v) is 4.94. The molecule has 1 aliphatic rings. The summed E-state index contributed by atoms with van der Waals surface area (Å²) in [5, 5.41) is 4.74. The van der Waals surface area contributed by atoms with Gasteiger partial charge in [0, 0.05) is 0 Å². The number of rotatable bonds is 3. The fourth-order valence-electron chi connectivity index (χ4n) is 3.14. The number of hydrogen-bond acceptors (Lipinski definition) is 1. The van der Waals surface area contributed by atoms with Crippen LogP contribution >= 0.6 is 23.2 Å². The van der Waals surface area contributed by atoms with E-state index < -0.39 is 0 Å². The Kier molecular flexibility index (Phi) is 4.94. The lowest BCUT2D eigenvalue weighted by atomic mass is 9.71. The molecule has 3 heteroatoms. The highest BCUT2D eigenvalue weighted by molar-refractivity contribution is 6.42. The van der Waals surface area contributed by atoms with Crippen LogP contribution in [0.15, 0.2) is 18.2 Å². The van der Waals surface area contributed by atoms with Gasteiger partial charge in [-0.25, -0.2) is 0 Å². The van der Waals surface area contributed by atoms with Crippen LogP contribution < -0.4 is 5.32 Å².